The van der Waals surface area contributed by atoms with Gasteiger partial charge in [0.2, 0.25) is 12.1 Å². The molecule has 0 aliphatic heterocycles. The van der Waals surface area contributed by atoms with Crippen molar-refractivity contribution in [3.05, 3.63) is 101 Å². The summed E-state index contributed by atoms with van der Waals surface area (Å²) in [5, 5.41) is 29.2. The van der Waals surface area contributed by atoms with Crippen LogP contribution in [-0.4, -0.2) is 76.7 Å². The molecule has 0 saturated carbocycles. The van der Waals surface area contributed by atoms with Crippen LogP contribution in [0.2, 0.25) is 5.15 Å². The van der Waals surface area contributed by atoms with E-state index < -0.39 is 29.9 Å². The van der Waals surface area contributed by atoms with Gasteiger partial charge >= 0.3 is 18.2 Å². The first-order valence-electron chi connectivity index (χ1n) is 16.5. The number of rotatable bonds is 15. The van der Waals surface area contributed by atoms with Crippen molar-refractivity contribution < 1.29 is 48.6 Å². The Hall–Kier alpha value is -5.72. The Morgan fingerprint density at radius 2 is 1.62 bits per heavy atom. The Kier molecular flexibility index (Phi) is 13.2. The molecular formula is C35H36ClN7O10. The highest BCUT2D eigenvalue weighted by atomic mass is 35.5. The quantitative estimate of drug-likeness (QED) is 0.0668. The number of hydrogen-bond acceptors (Lipinski definition) is 15. The maximum atomic E-state index is 13.2. The number of imidazole rings is 1. The summed E-state index contributed by atoms with van der Waals surface area (Å²) in [7, 11) is 0. The van der Waals surface area contributed by atoms with Gasteiger partial charge in [0.25, 0.3) is 0 Å². The van der Waals surface area contributed by atoms with Crippen LogP contribution >= 0.6 is 11.6 Å². The van der Waals surface area contributed by atoms with Crippen molar-refractivity contribution in [1.82, 2.24) is 35.1 Å². The average molecular weight is 750 g/mol. The van der Waals surface area contributed by atoms with Crippen molar-refractivity contribution >= 4 is 29.8 Å². The van der Waals surface area contributed by atoms with Crippen LogP contribution in [0.3, 0.4) is 0 Å². The van der Waals surface area contributed by atoms with Crippen LogP contribution in [0.15, 0.2) is 72.8 Å². The molecule has 0 bridgehead atoms. The van der Waals surface area contributed by atoms with Crippen molar-refractivity contribution in [3.63, 3.8) is 0 Å². The molecule has 2 heterocycles. The van der Waals surface area contributed by atoms with Gasteiger partial charge in [-0.25, -0.2) is 24.2 Å². The first-order valence-corrected chi connectivity index (χ1v) is 16.8. The number of carbonyl (C=O) groups is 3. The van der Waals surface area contributed by atoms with Crippen LogP contribution in [0.25, 0.3) is 22.5 Å². The number of aromatic nitrogens is 6. The fraction of sp³-hybridized carbons (Fsp3) is 0.286. The normalized spacial score (nSPS) is 11.7. The van der Waals surface area contributed by atoms with Crippen molar-refractivity contribution in [2.24, 2.45) is 0 Å². The van der Waals surface area contributed by atoms with Gasteiger partial charge in [0.05, 0.1) is 18.6 Å². The minimum absolute atomic E-state index is 0.0262. The van der Waals surface area contributed by atoms with E-state index >= 15 is 0 Å². The molecule has 0 radical (unpaired) electrons. The van der Waals surface area contributed by atoms with Gasteiger partial charge < -0.3 is 23.5 Å². The van der Waals surface area contributed by atoms with Gasteiger partial charge in [0, 0.05) is 25.5 Å². The number of halogens is 1. The number of hydrogen-bond donors (Lipinski definition) is 2. The molecule has 0 spiro atoms. The smallest absolute Gasteiger partial charge is 0.435 e. The second kappa shape index (κ2) is 18.2. The topological polar surface area (TPSA) is 202 Å². The van der Waals surface area contributed by atoms with Crippen LogP contribution < -0.4 is 4.74 Å². The van der Waals surface area contributed by atoms with Crippen LogP contribution in [0, 0.1) is 0 Å². The van der Waals surface area contributed by atoms with Crippen molar-refractivity contribution in [3.8, 4) is 28.3 Å². The average Bonchev–Trinajstić information content (AvgIpc) is 3.75. The Morgan fingerprint density at radius 1 is 0.925 bits per heavy atom. The zero-order valence-corrected chi connectivity index (χ0v) is 29.7. The number of carbonyl (C=O) groups excluding carboxylic acids is 3. The van der Waals surface area contributed by atoms with E-state index in [1.165, 1.54) is 19.1 Å². The Morgan fingerprint density at radius 3 is 2.30 bits per heavy atom. The molecule has 0 saturated heterocycles. The van der Waals surface area contributed by atoms with Gasteiger partial charge in [-0.05, 0) is 52.9 Å². The molecule has 1 atom stereocenters. The van der Waals surface area contributed by atoms with E-state index in [0.29, 0.717) is 23.4 Å². The molecule has 0 amide bonds. The minimum atomic E-state index is -1.23. The summed E-state index contributed by atoms with van der Waals surface area (Å²) < 4.78 is 22.1. The fourth-order valence-corrected chi connectivity index (χ4v) is 5.38. The van der Waals surface area contributed by atoms with Crippen molar-refractivity contribution in [2.45, 2.75) is 59.5 Å². The lowest BCUT2D eigenvalue weighted by atomic mass is 9.98. The highest BCUT2D eigenvalue weighted by Gasteiger charge is 2.26. The molecule has 3 aromatic carbocycles. The van der Waals surface area contributed by atoms with Gasteiger partial charge in [-0.3, -0.25) is 10.4 Å². The number of nitrogens with zero attached hydrogens (tertiary/aromatic N) is 7. The van der Waals surface area contributed by atoms with Crippen LogP contribution in [-0.2, 0) is 38.6 Å². The molecule has 0 fully saturated rings. The second-order valence-corrected chi connectivity index (χ2v) is 11.7. The van der Waals surface area contributed by atoms with Gasteiger partial charge in [-0.1, -0.05) is 90.4 Å². The predicted molar refractivity (Wildman–Crippen MR) is 185 cm³/mol. The number of unbranched alkanes of at least 4 members (excludes halogenated alkanes) is 1. The molecule has 2 N–H and O–H groups in total. The van der Waals surface area contributed by atoms with Gasteiger partial charge in [0.1, 0.15) is 11.6 Å². The molecule has 0 aliphatic rings. The Balaban J connectivity index is 1.32. The molecule has 5 aromatic rings. The lowest BCUT2D eigenvalue weighted by Crippen LogP contribution is -2.24. The van der Waals surface area contributed by atoms with Crippen molar-refractivity contribution in [2.75, 3.05) is 6.61 Å². The number of benzene rings is 3. The van der Waals surface area contributed by atoms with E-state index in [1.54, 1.807) is 29.7 Å². The molecule has 5 rings (SSSR count). The fourth-order valence-electron chi connectivity index (χ4n) is 5.10. The van der Waals surface area contributed by atoms with Gasteiger partial charge in [-0.2, -0.15) is 0 Å². The lowest BCUT2D eigenvalue weighted by molar-refractivity contribution is -0.497. The molecule has 2 aromatic heterocycles. The Labute approximate surface area is 308 Å². The molecule has 0 aliphatic carbocycles. The van der Waals surface area contributed by atoms with Crippen LogP contribution in [0.1, 0.15) is 61.1 Å². The van der Waals surface area contributed by atoms with E-state index in [4.69, 9.17) is 41.0 Å². The molecule has 1 unspecified atom stereocenters. The Bertz CT molecular complexity index is 2020. The highest BCUT2D eigenvalue weighted by molar-refractivity contribution is 6.32. The summed E-state index contributed by atoms with van der Waals surface area (Å²) in [6, 6.07) is 21.1. The summed E-state index contributed by atoms with van der Waals surface area (Å²) in [4.78, 5) is 47.5. The number of esters is 1. The third-order valence-electron chi connectivity index (χ3n) is 7.57. The summed E-state index contributed by atoms with van der Waals surface area (Å²) in [5.74, 6) is 0.178. The third-order valence-corrected chi connectivity index (χ3v) is 7.84. The zero-order chi connectivity index (χ0) is 37.9. The standard InChI is InChI=1S/C35H36ClN7O10/c1-4-6-11-29-37-31(36)30(33(44)51-22(3)52-35(46)49-5-2)41(29)20-23-12-16-25(17-13-23)27-9-7-8-10-28(27)32-38-40-42(39-32)34(45)53-26-18-14-24(15-19-26)21-50-43(47)48/h7-10,12-19,22,47-48H,4-6,11,20-21H2,1-3H3. The number of ether oxygens (including phenoxy) is 4. The molecule has 53 heavy (non-hydrogen) atoms. The van der Waals surface area contributed by atoms with Gasteiger partial charge in [-0.15, -0.1) is 10.2 Å². The van der Waals surface area contributed by atoms with E-state index in [-0.39, 0.29) is 42.2 Å². The summed E-state index contributed by atoms with van der Waals surface area (Å²) in [5.41, 5.74) is 3.64. The highest BCUT2D eigenvalue weighted by Crippen LogP contribution is 2.31. The summed E-state index contributed by atoms with van der Waals surface area (Å²) >= 11 is 6.46. The SMILES string of the molecule is CCCCc1nc(Cl)c(C(=O)OC(C)OC(=O)OCC)n1Cc1ccc(-c2ccccc2-c2nnn(C(=O)Oc3ccc(CON(O)O)cc3)n2)cc1. The number of tetrazole rings is 1. The van der Waals surface area contributed by atoms with Crippen LogP contribution in [0.4, 0.5) is 9.59 Å². The van der Waals surface area contributed by atoms with E-state index in [1.807, 2.05) is 49.4 Å². The summed E-state index contributed by atoms with van der Waals surface area (Å²) in [6.45, 7) is 5.30. The lowest BCUT2D eigenvalue weighted by Gasteiger charge is -2.16. The largest absolute Gasteiger partial charge is 0.511 e. The zero-order valence-electron chi connectivity index (χ0n) is 28.9. The van der Waals surface area contributed by atoms with Gasteiger partial charge in [0.15, 0.2) is 10.8 Å². The predicted octanol–water partition coefficient (Wildman–Crippen LogP) is 6.48. The second-order valence-electron chi connectivity index (χ2n) is 11.3. The first-order chi connectivity index (χ1) is 25.6. The van der Waals surface area contributed by atoms with E-state index in [0.717, 1.165) is 34.3 Å². The molecule has 17 nitrogen and oxygen atoms in total. The molecule has 18 heteroatoms. The number of aryl methyl sites for hydroxylation is 1. The maximum Gasteiger partial charge on any atom is 0.511 e. The van der Waals surface area contributed by atoms with Crippen LogP contribution in [0.5, 0.6) is 5.75 Å². The third kappa shape index (κ3) is 10.2. The van der Waals surface area contributed by atoms with E-state index in [9.17, 15) is 14.4 Å². The first kappa shape index (κ1) is 38.5. The monoisotopic (exact) mass is 749 g/mol. The maximum absolute atomic E-state index is 13.2. The molecule has 278 valence electrons. The summed E-state index contributed by atoms with van der Waals surface area (Å²) in [6.07, 6.45) is -0.802. The van der Waals surface area contributed by atoms with E-state index in [2.05, 4.69) is 25.2 Å². The molecular weight excluding hydrogens is 714 g/mol. The minimum Gasteiger partial charge on any atom is -0.435 e. The van der Waals surface area contributed by atoms with Crippen molar-refractivity contribution in [1.29, 1.82) is 0 Å².